The normalized spacial score (nSPS) is 14.2. The molecule has 3 heterocycles. The van der Waals surface area contributed by atoms with Gasteiger partial charge in [0.25, 0.3) is 0 Å². The first-order valence-electron chi connectivity index (χ1n) is 8.78. The maximum atomic E-state index is 12.1. The van der Waals surface area contributed by atoms with Crippen LogP contribution in [0.5, 0.6) is 0 Å². The molecular formula is C19H22N4O2. The van der Waals surface area contributed by atoms with Crippen LogP contribution in [0.25, 0.3) is 11.0 Å². The number of carbonyl (C=O) groups excluding carboxylic acids is 1. The molecule has 2 N–H and O–H groups in total. The number of aromatic nitrogens is 2. The van der Waals surface area contributed by atoms with Crippen LogP contribution >= 0.6 is 0 Å². The number of benzene rings is 1. The van der Waals surface area contributed by atoms with Crippen molar-refractivity contribution >= 4 is 16.9 Å². The van der Waals surface area contributed by atoms with Gasteiger partial charge in [-0.25, -0.2) is 0 Å². The maximum absolute atomic E-state index is 12.1. The van der Waals surface area contributed by atoms with Crippen LogP contribution in [-0.4, -0.2) is 22.2 Å². The molecule has 130 valence electrons. The van der Waals surface area contributed by atoms with Crippen molar-refractivity contribution in [3.8, 4) is 0 Å². The number of hydrogen-bond donors (Lipinski definition) is 2. The van der Waals surface area contributed by atoms with Gasteiger partial charge in [-0.1, -0.05) is 18.2 Å². The molecular weight excluding hydrogens is 316 g/mol. The fourth-order valence-electron chi connectivity index (χ4n) is 3.18. The second kappa shape index (κ2) is 7.11. The quantitative estimate of drug-likeness (QED) is 0.749. The van der Waals surface area contributed by atoms with Crippen molar-refractivity contribution in [2.24, 2.45) is 0 Å². The molecule has 0 atom stereocenters. The standard InChI is InChI=1S/C19H22N4O2/c24-19(21-13-17-10-14-4-1-2-5-18(14)25-17)7-6-15-11-16-12-20-8-3-9-23(16)22-15/h1-2,4-5,10-11,20H,3,6-9,12-13H2,(H,21,24). The van der Waals surface area contributed by atoms with E-state index in [9.17, 15) is 4.79 Å². The van der Waals surface area contributed by atoms with Gasteiger partial charge in [-0.05, 0) is 31.2 Å². The van der Waals surface area contributed by atoms with Crippen molar-refractivity contribution in [1.82, 2.24) is 20.4 Å². The van der Waals surface area contributed by atoms with E-state index in [1.807, 2.05) is 30.3 Å². The SMILES string of the molecule is O=C(CCc1cc2n(n1)CCCNC2)NCc1cc2ccccc2o1. The van der Waals surface area contributed by atoms with E-state index in [4.69, 9.17) is 4.42 Å². The summed E-state index contributed by atoms with van der Waals surface area (Å²) in [5, 5.41) is 12.0. The van der Waals surface area contributed by atoms with Crippen LogP contribution in [0.1, 0.15) is 30.0 Å². The summed E-state index contributed by atoms with van der Waals surface area (Å²) in [4.78, 5) is 12.1. The average molecular weight is 338 g/mol. The van der Waals surface area contributed by atoms with Gasteiger partial charge >= 0.3 is 0 Å². The molecule has 1 aliphatic rings. The molecule has 3 aromatic rings. The summed E-state index contributed by atoms with van der Waals surface area (Å²) in [6.45, 7) is 3.24. The lowest BCUT2D eigenvalue weighted by molar-refractivity contribution is -0.121. The van der Waals surface area contributed by atoms with Crippen LogP contribution in [0.3, 0.4) is 0 Å². The lowest BCUT2D eigenvalue weighted by Gasteiger charge is -2.02. The van der Waals surface area contributed by atoms with Crippen molar-refractivity contribution in [2.75, 3.05) is 6.54 Å². The molecule has 4 rings (SSSR count). The Bertz CT molecular complexity index is 824. The number of aryl methyl sites for hydroxylation is 2. The Morgan fingerprint density at radius 3 is 3.16 bits per heavy atom. The number of nitrogens with one attached hydrogen (secondary N) is 2. The molecule has 1 amide bonds. The summed E-state index contributed by atoms with van der Waals surface area (Å²) in [7, 11) is 0. The highest BCUT2D eigenvalue weighted by molar-refractivity contribution is 5.78. The van der Waals surface area contributed by atoms with E-state index in [-0.39, 0.29) is 5.91 Å². The zero-order chi connectivity index (χ0) is 17.1. The molecule has 0 saturated heterocycles. The minimum absolute atomic E-state index is 0.0155. The Kier molecular flexibility index (Phi) is 4.52. The molecule has 0 spiro atoms. The van der Waals surface area contributed by atoms with Gasteiger partial charge in [0.15, 0.2) is 0 Å². The summed E-state index contributed by atoms with van der Waals surface area (Å²) in [6, 6.07) is 11.9. The fraction of sp³-hybridized carbons (Fsp3) is 0.368. The monoisotopic (exact) mass is 338 g/mol. The smallest absolute Gasteiger partial charge is 0.220 e. The molecule has 1 aliphatic heterocycles. The molecule has 0 unspecified atom stereocenters. The summed E-state index contributed by atoms with van der Waals surface area (Å²) in [6.07, 6.45) is 2.18. The molecule has 0 bridgehead atoms. The molecule has 0 aliphatic carbocycles. The van der Waals surface area contributed by atoms with Crippen LogP contribution in [0.4, 0.5) is 0 Å². The Hall–Kier alpha value is -2.60. The lowest BCUT2D eigenvalue weighted by atomic mass is 10.2. The third-order valence-electron chi connectivity index (χ3n) is 4.49. The van der Waals surface area contributed by atoms with Crippen molar-refractivity contribution in [1.29, 1.82) is 0 Å². The van der Waals surface area contributed by atoms with Gasteiger partial charge in [0.2, 0.25) is 5.91 Å². The summed E-state index contributed by atoms with van der Waals surface area (Å²) in [5.41, 5.74) is 3.03. The Morgan fingerprint density at radius 2 is 2.24 bits per heavy atom. The third kappa shape index (κ3) is 3.74. The third-order valence-corrected chi connectivity index (χ3v) is 4.49. The van der Waals surface area contributed by atoms with Crippen LogP contribution in [0.15, 0.2) is 40.8 Å². The van der Waals surface area contributed by atoms with Gasteiger partial charge in [-0.15, -0.1) is 0 Å². The zero-order valence-electron chi connectivity index (χ0n) is 14.1. The maximum Gasteiger partial charge on any atom is 0.220 e. The fourth-order valence-corrected chi connectivity index (χ4v) is 3.18. The van der Waals surface area contributed by atoms with E-state index >= 15 is 0 Å². The van der Waals surface area contributed by atoms with Crippen LogP contribution in [0, 0.1) is 0 Å². The zero-order valence-corrected chi connectivity index (χ0v) is 14.1. The highest BCUT2D eigenvalue weighted by atomic mass is 16.3. The van der Waals surface area contributed by atoms with Crippen molar-refractivity contribution in [2.45, 2.75) is 38.9 Å². The number of hydrogen-bond acceptors (Lipinski definition) is 4. The predicted octanol–water partition coefficient (Wildman–Crippen LogP) is 2.37. The number of carbonyl (C=O) groups is 1. The van der Waals surface area contributed by atoms with Gasteiger partial charge in [-0.2, -0.15) is 5.10 Å². The van der Waals surface area contributed by atoms with E-state index in [2.05, 4.69) is 26.5 Å². The minimum Gasteiger partial charge on any atom is -0.459 e. The molecule has 0 fully saturated rings. The number of para-hydroxylation sites is 1. The van der Waals surface area contributed by atoms with E-state index in [0.717, 1.165) is 48.5 Å². The Morgan fingerprint density at radius 1 is 1.32 bits per heavy atom. The Labute approximate surface area is 146 Å². The first-order valence-corrected chi connectivity index (χ1v) is 8.78. The molecule has 2 aromatic heterocycles. The predicted molar refractivity (Wildman–Crippen MR) is 94.9 cm³/mol. The van der Waals surface area contributed by atoms with Crippen LogP contribution < -0.4 is 10.6 Å². The average Bonchev–Trinajstić information content (AvgIpc) is 3.15. The van der Waals surface area contributed by atoms with Crippen molar-refractivity contribution in [3.05, 3.63) is 53.5 Å². The Balaban J connectivity index is 1.29. The van der Waals surface area contributed by atoms with Gasteiger partial charge < -0.3 is 15.1 Å². The number of rotatable bonds is 5. The van der Waals surface area contributed by atoms with Gasteiger partial charge in [0, 0.05) is 31.3 Å². The van der Waals surface area contributed by atoms with Gasteiger partial charge in [-0.3, -0.25) is 9.48 Å². The number of fused-ring (bicyclic) bond motifs is 2. The first kappa shape index (κ1) is 15.9. The molecule has 0 saturated carbocycles. The number of amides is 1. The summed E-state index contributed by atoms with van der Waals surface area (Å²) < 4.78 is 7.77. The molecule has 0 radical (unpaired) electrons. The number of furan rings is 1. The first-order chi connectivity index (χ1) is 12.3. The summed E-state index contributed by atoms with van der Waals surface area (Å²) >= 11 is 0. The van der Waals surface area contributed by atoms with Gasteiger partial charge in [0.05, 0.1) is 17.9 Å². The number of nitrogens with zero attached hydrogens (tertiary/aromatic N) is 2. The summed E-state index contributed by atoms with van der Waals surface area (Å²) in [5.74, 6) is 0.788. The topological polar surface area (TPSA) is 72.1 Å². The van der Waals surface area contributed by atoms with E-state index in [1.165, 1.54) is 5.69 Å². The van der Waals surface area contributed by atoms with E-state index < -0.39 is 0 Å². The molecule has 25 heavy (non-hydrogen) atoms. The largest absolute Gasteiger partial charge is 0.459 e. The highest BCUT2D eigenvalue weighted by Crippen LogP contribution is 2.18. The molecule has 6 nitrogen and oxygen atoms in total. The second-order valence-corrected chi connectivity index (χ2v) is 6.41. The lowest BCUT2D eigenvalue weighted by Crippen LogP contribution is -2.22. The second-order valence-electron chi connectivity index (χ2n) is 6.41. The van der Waals surface area contributed by atoms with Crippen LogP contribution in [-0.2, 0) is 30.8 Å². The minimum atomic E-state index is 0.0155. The molecule has 6 heteroatoms. The highest BCUT2D eigenvalue weighted by Gasteiger charge is 2.12. The van der Waals surface area contributed by atoms with Crippen molar-refractivity contribution < 1.29 is 9.21 Å². The van der Waals surface area contributed by atoms with Crippen molar-refractivity contribution in [3.63, 3.8) is 0 Å². The van der Waals surface area contributed by atoms with Gasteiger partial charge in [0.1, 0.15) is 11.3 Å². The molecule has 1 aromatic carbocycles. The van der Waals surface area contributed by atoms with E-state index in [1.54, 1.807) is 0 Å². The van der Waals surface area contributed by atoms with E-state index in [0.29, 0.717) is 19.4 Å². The van der Waals surface area contributed by atoms with Crippen LogP contribution in [0.2, 0.25) is 0 Å².